The number of hydrogen-bond donors (Lipinski definition) is 1. The van der Waals surface area contributed by atoms with Gasteiger partial charge >= 0.3 is 0 Å². The summed E-state index contributed by atoms with van der Waals surface area (Å²) in [6.45, 7) is 1.76. The number of amides is 1. The molecule has 0 saturated heterocycles. The molecule has 1 aromatic carbocycles. The highest BCUT2D eigenvalue weighted by Crippen LogP contribution is 2.28. The number of carbonyl (C=O) groups excluding carboxylic acids is 1. The Balaban J connectivity index is 2.43. The number of nitrogens with zero attached hydrogens (tertiary/aromatic N) is 1. The van der Waals surface area contributed by atoms with Crippen molar-refractivity contribution in [1.29, 1.82) is 0 Å². The number of carbonyl (C=O) groups is 1. The minimum absolute atomic E-state index is 0.170. The second-order valence-electron chi connectivity index (χ2n) is 4.37. The summed E-state index contributed by atoms with van der Waals surface area (Å²) in [4.78, 5) is 13.4. The van der Waals surface area contributed by atoms with Gasteiger partial charge < -0.3 is 10.0 Å². The van der Waals surface area contributed by atoms with Crippen LogP contribution in [-0.2, 0) is 11.2 Å². The fourth-order valence-corrected chi connectivity index (χ4v) is 2.12. The van der Waals surface area contributed by atoms with E-state index in [4.69, 9.17) is 0 Å². The number of hydrogen-bond acceptors (Lipinski definition) is 2. The van der Waals surface area contributed by atoms with Gasteiger partial charge in [-0.25, -0.2) is 0 Å². The van der Waals surface area contributed by atoms with E-state index in [1.54, 1.807) is 11.8 Å². The van der Waals surface area contributed by atoms with Gasteiger partial charge in [-0.1, -0.05) is 12.1 Å². The predicted molar refractivity (Wildman–Crippen MR) is 63.4 cm³/mol. The molecule has 1 aromatic rings. The van der Waals surface area contributed by atoms with Gasteiger partial charge in [0.05, 0.1) is 6.10 Å². The summed E-state index contributed by atoms with van der Waals surface area (Å²) in [5.74, 6) is 0.170. The molecule has 3 heteroatoms. The molecule has 0 radical (unpaired) electrons. The summed E-state index contributed by atoms with van der Waals surface area (Å²) in [6, 6.07) is 5.83. The lowest BCUT2D eigenvalue weighted by Crippen LogP contribution is -2.25. The number of fused-ring (bicyclic) bond motifs is 1. The van der Waals surface area contributed by atoms with Crippen LogP contribution >= 0.6 is 0 Å². The number of rotatable bonds is 1. The summed E-state index contributed by atoms with van der Waals surface area (Å²) in [5, 5.41) is 9.53. The van der Waals surface area contributed by atoms with Gasteiger partial charge in [0.15, 0.2) is 0 Å². The van der Waals surface area contributed by atoms with Crippen LogP contribution in [0.5, 0.6) is 0 Å². The van der Waals surface area contributed by atoms with Crippen LogP contribution in [0.2, 0.25) is 0 Å². The van der Waals surface area contributed by atoms with Gasteiger partial charge in [0, 0.05) is 19.2 Å². The Morgan fingerprint density at radius 2 is 2.12 bits per heavy atom. The van der Waals surface area contributed by atoms with E-state index in [2.05, 4.69) is 0 Å². The van der Waals surface area contributed by atoms with E-state index in [-0.39, 0.29) is 5.91 Å². The van der Waals surface area contributed by atoms with Crippen LogP contribution < -0.4 is 4.90 Å². The number of aryl methyl sites for hydroxylation is 1. The molecule has 1 aliphatic heterocycles. The smallest absolute Gasteiger partial charge is 0.226 e. The third-order valence-electron chi connectivity index (χ3n) is 3.16. The molecular formula is C13H17NO2. The van der Waals surface area contributed by atoms with Crippen LogP contribution in [0, 0.1) is 0 Å². The van der Waals surface area contributed by atoms with E-state index in [0.29, 0.717) is 6.42 Å². The Morgan fingerprint density at radius 3 is 2.81 bits per heavy atom. The molecule has 1 amide bonds. The molecule has 0 bridgehead atoms. The van der Waals surface area contributed by atoms with Crippen LogP contribution in [0.4, 0.5) is 5.69 Å². The molecule has 0 fully saturated rings. The highest BCUT2D eigenvalue weighted by molar-refractivity contribution is 5.94. The SMILES string of the molecule is CC(O)c1ccc2c(c1)CCCC(=O)N2C. The lowest BCUT2D eigenvalue weighted by atomic mass is 10.0. The maximum Gasteiger partial charge on any atom is 0.226 e. The summed E-state index contributed by atoms with van der Waals surface area (Å²) < 4.78 is 0. The van der Waals surface area contributed by atoms with Crippen molar-refractivity contribution >= 4 is 11.6 Å². The van der Waals surface area contributed by atoms with Gasteiger partial charge in [-0.15, -0.1) is 0 Å². The summed E-state index contributed by atoms with van der Waals surface area (Å²) in [5.41, 5.74) is 3.06. The summed E-state index contributed by atoms with van der Waals surface area (Å²) in [7, 11) is 1.81. The van der Waals surface area contributed by atoms with Crippen LogP contribution in [0.25, 0.3) is 0 Å². The fraction of sp³-hybridized carbons (Fsp3) is 0.462. The van der Waals surface area contributed by atoms with Gasteiger partial charge in [-0.2, -0.15) is 0 Å². The van der Waals surface area contributed by atoms with Crippen molar-refractivity contribution in [3.8, 4) is 0 Å². The van der Waals surface area contributed by atoms with Crippen molar-refractivity contribution in [3.05, 3.63) is 29.3 Å². The molecule has 1 aliphatic rings. The molecule has 86 valence electrons. The van der Waals surface area contributed by atoms with Crippen molar-refractivity contribution < 1.29 is 9.90 Å². The third-order valence-corrected chi connectivity index (χ3v) is 3.16. The zero-order valence-corrected chi connectivity index (χ0v) is 9.73. The van der Waals surface area contributed by atoms with Crippen molar-refractivity contribution in [1.82, 2.24) is 0 Å². The minimum atomic E-state index is -0.449. The first-order chi connectivity index (χ1) is 7.59. The first-order valence-electron chi connectivity index (χ1n) is 5.67. The second kappa shape index (κ2) is 4.26. The number of aliphatic hydroxyl groups is 1. The monoisotopic (exact) mass is 219 g/mol. The third kappa shape index (κ3) is 1.95. The lowest BCUT2D eigenvalue weighted by molar-refractivity contribution is -0.118. The van der Waals surface area contributed by atoms with Gasteiger partial charge in [0.2, 0.25) is 5.91 Å². The Kier molecular flexibility index (Phi) is 2.97. The Morgan fingerprint density at radius 1 is 1.38 bits per heavy atom. The first kappa shape index (κ1) is 11.1. The van der Waals surface area contributed by atoms with Crippen LogP contribution in [-0.4, -0.2) is 18.1 Å². The zero-order chi connectivity index (χ0) is 11.7. The molecule has 0 saturated carbocycles. The zero-order valence-electron chi connectivity index (χ0n) is 9.73. The van der Waals surface area contributed by atoms with Gasteiger partial charge in [-0.05, 0) is 37.0 Å². The second-order valence-corrected chi connectivity index (χ2v) is 4.37. The molecule has 3 nitrogen and oxygen atoms in total. The van der Waals surface area contributed by atoms with E-state index in [9.17, 15) is 9.90 Å². The van der Waals surface area contributed by atoms with E-state index in [0.717, 1.165) is 29.7 Å². The number of aliphatic hydroxyl groups excluding tert-OH is 1. The minimum Gasteiger partial charge on any atom is -0.389 e. The van der Waals surface area contributed by atoms with Crippen molar-refractivity contribution in [3.63, 3.8) is 0 Å². The highest BCUT2D eigenvalue weighted by Gasteiger charge is 2.19. The predicted octanol–water partition coefficient (Wildman–Crippen LogP) is 2.04. The first-order valence-corrected chi connectivity index (χ1v) is 5.67. The molecular weight excluding hydrogens is 202 g/mol. The largest absolute Gasteiger partial charge is 0.389 e. The Bertz CT molecular complexity index is 412. The van der Waals surface area contributed by atoms with Gasteiger partial charge in [-0.3, -0.25) is 4.79 Å². The number of anilines is 1. The lowest BCUT2D eigenvalue weighted by Gasteiger charge is -2.18. The summed E-state index contributed by atoms with van der Waals surface area (Å²) in [6.07, 6.45) is 1.95. The molecule has 1 atom stereocenters. The summed E-state index contributed by atoms with van der Waals surface area (Å²) >= 11 is 0. The molecule has 0 spiro atoms. The van der Waals surface area contributed by atoms with Crippen molar-refractivity contribution in [2.75, 3.05) is 11.9 Å². The maximum absolute atomic E-state index is 11.7. The quantitative estimate of drug-likeness (QED) is 0.785. The average molecular weight is 219 g/mol. The maximum atomic E-state index is 11.7. The van der Waals surface area contributed by atoms with Crippen molar-refractivity contribution in [2.24, 2.45) is 0 Å². The van der Waals surface area contributed by atoms with E-state index in [1.807, 2.05) is 25.2 Å². The fourth-order valence-electron chi connectivity index (χ4n) is 2.12. The van der Waals surface area contributed by atoms with E-state index in [1.165, 1.54) is 0 Å². The molecule has 0 aliphatic carbocycles. The van der Waals surface area contributed by atoms with E-state index < -0.39 is 6.10 Å². The topological polar surface area (TPSA) is 40.5 Å². The highest BCUT2D eigenvalue weighted by atomic mass is 16.3. The number of benzene rings is 1. The average Bonchev–Trinajstić information content (AvgIpc) is 2.40. The van der Waals surface area contributed by atoms with Gasteiger partial charge in [0.1, 0.15) is 0 Å². The Hall–Kier alpha value is -1.35. The molecule has 2 rings (SSSR count). The molecule has 1 N–H and O–H groups in total. The van der Waals surface area contributed by atoms with Gasteiger partial charge in [0.25, 0.3) is 0 Å². The van der Waals surface area contributed by atoms with Crippen LogP contribution in [0.3, 0.4) is 0 Å². The van der Waals surface area contributed by atoms with Crippen LogP contribution in [0.15, 0.2) is 18.2 Å². The Labute approximate surface area is 95.7 Å². The normalized spacial score (nSPS) is 17.9. The molecule has 16 heavy (non-hydrogen) atoms. The van der Waals surface area contributed by atoms with Crippen LogP contribution in [0.1, 0.15) is 37.0 Å². The molecule has 1 heterocycles. The van der Waals surface area contributed by atoms with E-state index >= 15 is 0 Å². The molecule has 0 aromatic heterocycles. The van der Waals surface area contributed by atoms with Crippen molar-refractivity contribution in [2.45, 2.75) is 32.3 Å². The molecule has 1 unspecified atom stereocenters. The standard InChI is InChI=1S/C13H17NO2/c1-9(15)10-6-7-12-11(8-10)4-3-5-13(16)14(12)2/h6-9,15H,3-5H2,1-2H3.